The highest BCUT2D eigenvalue weighted by Gasteiger charge is 2.41. The second kappa shape index (κ2) is 6.54. The van der Waals surface area contributed by atoms with Crippen molar-refractivity contribution in [1.82, 2.24) is 14.4 Å². The van der Waals surface area contributed by atoms with Crippen LogP contribution in [-0.4, -0.2) is 40.6 Å². The van der Waals surface area contributed by atoms with Crippen LogP contribution in [0.2, 0.25) is 0 Å². The molecule has 11 heteroatoms. The first-order valence-corrected chi connectivity index (χ1v) is 11.1. The summed E-state index contributed by atoms with van der Waals surface area (Å²) >= 11 is 1.29. The molecule has 0 atom stereocenters. The van der Waals surface area contributed by atoms with Crippen molar-refractivity contribution in [3.8, 4) is 11.5 Å². The third-order valence-corrected chi connectivity index (χ3v) is 8.07. The van der Waals surface area contributed by atoms with Gasteiger partial charge in [-0.3, -0.25) is 10.1 Å². The third-order valence-electron chi connectivity index (χ3n) is 4.73. The molecule has 28 heavy (non-hydrogen) atoms. The van der Waals surface area contributed by atoms with Gasteiger partial charge in [0.2, 0.25) is 15.8 Å². The Balaban J connectivity index is 1.30. The van der Waals surface area contributed by atoms with Crippen LogP contribution in [-0.2, 0) is 23.0 Å². The van der Waals surface area contributed by atoms with Gasteiger partial charge in [-0.1, -0.05) is 5.16 Å². The maximum absolute atomic E-state index is 12.4. The molecular weight excluding hydrogens is 404 g/mol. The van der Waals surface area contributed by atoms with Crippen molar-refractivity contribution in [2.75, 3.05) is 11.9 Å². The Hall–Kier alpha value is -2.50. The van der Waals surface area contributed by atoms with Crippen LogP contribution in [0.5, 0.6) is 0 Å². The lowest BCUT2D eigenvalue weighted by Gasteiger charge is -2.25. The fourth-order valence-electron chi connectivity index (χ4n) is 3.10. The Labute approximate surface area is 164 Å². The number of amides is 1. The number of carbonyl (C=O) groups excluding carboxylic acids is 1. The topological polar surface area (TPSA) is 119 Å². The number of carbonyl (C=O) groups is 1. The number of nitrogens with zero attached hydrogens (tertiary/aromatic N) is 3. The van der Waals surface area contributed by atoms with Crippen molar-refractivity contribution >= 4 is 32.4 Å². The molecular formula is C17H16N4O5S2. The number of furan rings is 1. The van der Waals surface area contributed by atoms with Crippen LogP contribution >= 0.6 is 11.3 Å². The van der Waals surface area contributed by atoms with Crippen molar-refractivity contribution in [2.45, 2.75) is 31.1 Å². The number of aromatic nitrogens is 2. The average molecular weight is 420 g/mol. The van der Waals surface area contributed by atoms with E-state index in [-0.39, 0.29) is 10.9 Å². The summed E-state index contributed by atoms with van der Waals surface area (Å²) in [5, 5.41) is 6.67. The van der Waals surface area contributed by atoms with Gasteiger partial charge in [-0.05, 0) is 25.0 Å². The molecule has 146 valence electrons. The van der Waals surface area contributed by atoms with E-state index in [1.165, 1.54) is 28.0 Å². The Morgan fingerprint density at radius 1 is 1.32 bits per heavy atom. The zero-order valence-corrected chi connectivity index (χ0v) is 16.3. The largest absolute Gasteiger partial charge is 0.461 e. The van der Waals surface area contributed by atoms with Gasteiger partial charge in [-0.15, -0.1) is 11.3 Å². The molecule has 9 nitrogen and oxygen atoms in total. The van der Waals surface area contributed by atoms with Crippen LogP contribution in [0, 0.1) is 0 Å². The van der Waals surface area contributed by atoms with Crippen LogP contribution in [0.4, 0.5) is 5.13 Å². The standard InChI is InChI=1S/C17H16N4O5S2/c22-16(12-8-14(26-20-12)13-2-1-7-25-13)19-17-18-11-5-6-21(9-15(11)27-17)28(23,24)10-3-4-10/h1-2,7-8,10H,3-6,9H2,(H,18,19,22). The minimum Gasteiger partial charge on any atom is -0.461 e. The zero-order valence-electron chi connectivity index (χ0n) is 14.6. The average Bonchev–Trinajstić information content (AvgIpc) is 3.10. The Morgan fingerprint density at radius 2 is 2.18 bits per heavy atom. The van der Waals surface area contributed by atoms with Gasteiger partial charge in [0, 0.05) is 30.5 Å². The molecule has 1 aliphatic carbocycles. The highest BCUT2D eigenvalue weighted by atomic mass is 32.2. The van der Waals surface area contributed by atoms with E-state index in [2.05, 4.69) is 15.5 Å². The number of hydrogen-bond donors (Lipinski definition) is 1. The molecule has 1 N–H and O–H groups in total. The first-order valence-electron chi connectivity index (χ1n) is 8.80. The lowest BCUT2D eigenvalue weighted by Crippen LogP contribution is -2.37. The molecule has 0 spiro atoms. The number of thiazole rings is 1. The summed E-state index contributed by atoms with van der Waals surface area (Å²) in [5.74, 6) is 0.387. The molecule has 4 heterocycles. The first-order chi connectivity index (χ1) is 13.5. The van der Waals surface area contributed by atoms with Crippen molar-refractivity contribution in [2.24, 2.45) is 0 Å². The lowest BCUT2D eigenvalue weighted by atomic mass is 10.2. The molecule has 0 saturated heterocycles. The summed E-state index contributed by atoms with van der Waals surface area (Å²) in [6, 6.07) is 4.91. The molecule has 0 bridgehead atoms. The molecule has 1 aliphatic heterocycles. The summed E-state index contributed by atoms with van der Waals surface area (Å²) in [7, 11) is -3.21. The lowest BCUT2D eigenvalue weighted by molar-refractivity contribution is 0.101. The van der Waals surface area contributed by atoms with Crippen LogP contribution in [0.15, 0.2) is 33.4 Å². The highest BCUT2D eigenvalue weighted by molar-refractivity contribution is 7.90. The van der Waals surface area contributed by atoms with Gasteiger partial charge >= 0.3 is 0 Å². The summed E-state index contributed by atoms with van der Waals surface area (Å²) < 4.78 is 36.8. The van der Waals surface area contributed by atoms with Gasteiger partial charge in [-0.2, -0.15) is 4.31 Å². The van der Waals surface area contributed by atoms with Crippen molar-refractivity contribution in [3.05, 3.63) is 40.7 Å². The van der Waals surface area contributed by atoms with E-state index in [1.807, 2.05) is 0 Å². The molecule has 3 aromatic rings. The summed E-state index contributed by atoms with van der Waals surface area (Å²) in [6.07, 6.45) is 3.53. The minimum atomic E-state index is -3.21. The number of rotatable bonds is 5. The fourth-order valence-corrected chi connectivity index (χ4v) is 6.01. The van der Waals surface area contributed by atoms with Crippen LogP contribution in [0.25, 0.3) is 11.5 Å². The molecule has 1 amide bonds. The monoisotopic (exact) mass is 420 g/mol. The summed E-state index contributed by atoms with van der Waals surface area (Å²) in [6.45, 7) is 0.743. The molecule has 5 rings (SSSR count). The van der Waals surface area contributed by atoms with E-state index >= 15 is 0 Å². The molecule has 2 aliphatic rings. The third kappa shape index (κ3) is 3.15. The van der Waals surface area contributed by atoms with Gasteiger partial charge in [0.05, 0.1) is 17.2 Å². The van der Waals surface area contributed by atoms with E-state index in [1.54, 1.807) is 12.1 Å². The predicted molar refractivity (Wildman–Crippen MR) is 100 cm³/mol. The molecule has 1 saturated carbocycles. The van der Waals surface area contributed by atoms with E-state index in [0.29, 0.717) is 36.2 Å². The SMILES string of the molecule is O=C(Nc1nc2c(s1)CN(S(=O)(=O)C1CC1)CC2)c1cc(-c2ccco2)on1. The van der Waals surface area contributed by atoms with Crippen molar-refractivity contribution in [3.63, 3.8) is 0 Å². The number of nitrogens with one attached hydrogen (secondary N) is 1. The number of sulfonamides is 1. The maximum atomic E-state index is 12.4. The van der Waals surface area contributed by atoms with Gasteiger partial charge in [0.15, 0.2) is 16.6 Å². The highest BCUT2D eigenvalue weighted by Crippen LogP contribution is 2.35. The normalized spacial score (nSPS) is 17.4. The number of fused-ring (bicyclic) bond motifs is 1. The molecule has 3 aromatic heterocycles. The molecule has 0 aromatic carbocycles. The molecule has 0 unspecified atom stereocenters. The maximum Gasteiger partial charge on any atom is 0.279 e. The number of hydrogen-bond acceptors (Lipinski definition) is 8. The van der Waals surface area contributed by atoms with E-state index in [0.717, 1.165) is 23.4 Å². The fraction of sp³-hybridized carbons (Fsp3) is 0.353. The van der Waals surface area contributed by atoms with Gasteiger partial charge in [-0.25, -0.2) is 13.4 Å². The first kappa shape index (κ1) is 17.6. The van der Waals surface area contributed by atoms with E-state index in [4.69, 9.17) is 8.94 Å². The van der Waals surface area contributed by atoms with Gasteiger partial charge < -0.3 is 8.94 Å². The Bertz CT molecular complexity index is 1130. The predicted octanol–water partition coefficient (Wildman–Crippen LogP) is 2.49. The summed E-state index contributed by atoms with van der Waals surface area (Å²) in [5.41, 5.74) is 0.941. The van der Waals surface area contributed by atoms with Gasteiger partial charge in [0.25, 0.3) is 5.91 Å². The zero-order chi connectivity index (χ0) is 19.3. The number of anilines is 1. The molecule has 0 radical (unpaired) electrons. The van der Waals surface area contributed by atoms with Crippen LogP contribution in [0.1, 0.15) is 33.9 Å². The summed E-state index contributed by atoms with van der Waals surface area (Å²) in [4.78, 5) is 17.7. The second-order valence-electron chi connectivity index (χ2n) is 6.72. The molecule has 1 fully saturated rings. The smallest absolute Gasteiger partial charge is 0.279 e. The van der Waals surface area contributed by atoms with E-state index < -0.39 is 15.9 Å². The van der Waals surface area contributed by atoms with Gasteiger partial charge in [0.1, 0.15) is 0 Å². The van der Waals surface area contributed by atoms with Crippen LogP contribution in [0.3, 0.4) is 0 Å². The van der Waals surface area contributed by atoms with Crippen molar-refractivity contribution < 1.29 is 22.2 Å². The Morgan fingerprint density at radius 3 is 2.93 bits per heavy atom. The minimum absolute atomic E-state index is 0.109. The Kier molecular flexibility index (Phi) is 4.11. The van der Waals surface area contributed by atoms with Crippen molar-refractivity contribution in [1.29, 1.82) is 0 Å². The van der Waals surface area contributed by atoms with Crippen LogP contribution < -0.4 is 5.32 Å². The quantitative estimate of drug-likeness (QED) is 0.673. The van der Waals surface area contributed by atoms with E-state index in [9.17, 15) is 13.2 Å². The second-order valence-corrected chi connectivity index (χ2v) is 10.0.